The number of nitrogens with zero attached hydrogens (tertiary/aromatic N) is 4. The number of benzene rings is 2. The quantitative estimate of drug-likeness (QED) is 0.533. The van der Waals surface area contributed by atoms with Gasteiger partial charge in [-0.1, -0.05) is 30.3 Å². The van der Waals surface area contributed by atoms with E-state index in [2.05, 4.69) is 10.2 Å². The Morgan fingerprint density at radius 2 is 1.61 bits per heavy atom. The van der Waals surface area contributed by atoms with Crippen molar-refractivity contribution in [3.8, 4) is 22.8 Å². The predicted molar refractivity (Wildman–Crippen MR) is 106 cm³/mol. The van der Waals surface area contributed by atoms with Crippen molar-refractivity contribution in [2.45, 2.75) is 4.90 Å². The summed E-state index contributed by atoms with van der Waals surface area (Å²) in [7, 11) is -3.47. The van der Waals surface area contributed by atoms with E-state index >= 15 is 0 Å². The number of aromatic nitrogens is 4. The molecule has 8 heteroatoms. The summed E-state index contributed by atoms with van der Waals surface area (Å²) in [4.78, 5) is 12.7. The molecule has 140 valence electrons. The van der Waals surface area contributed by atoms with Crippen LogP contribution in [0.1, 0.15) is 0 Å². The lowest BCUT2D eigenvalue weighted by atomic mass is 10.2. The monoisotopic (exact) mass is 392 g/mol. The Kier molecular flexibility index (Phi) is 4.40. The summed E-state index contributed by atoms with van der Waals surface area (Å²) < 4.78 is 27.3. The molecule has 4 aromatic rings. The maximum Gasteiger partial charge on any atom is 0.209 e. The van der Waals surface area contributed by atoms with E-state index in [0.717, 1.165) is 11.9 Å². The molecule has 7 nitrogen and oxygen atoms in total. The molecule has 2 heterocycles. The Morgan fingerprint density at radius 1 is 0.893 bits per heavy atom. The highest BCUT2D eigenvalue weighted by molar-refractivity contribution is 7.90. The topological polar surface area (TPSA) is 86.9 Å². The van der Waals surface area contributed by atoms with Crippen LogP contribution >= 0.6 is 0 Å². The molecule has 0 aliphatic rings. The highest BCUT2D eigenvalue weighted by Gasteiger charge is 2.17. The SMILES string of the molecule is CS(=O)(=O)c1ccccc1-n1ccc(=O)c(-c2ccnn2-c2ccccc2)n1. The minimum atomic E-state index is -3.47. The minimum Gasteiger partial charge on any atom is -0.287 e. The highest BCUT2D eigenvalue weighted by Crippen LogP contribution is 2.21. The van der Waals surface area contributed by atoms with E-state index in [1.54, 1.807) is 35.1 Å². The van der Waals surface area contributed by atoms with E-state index < -0.39 is 9.84 Å². The smallest absolute Gasteiger partial charge is 0.209 e. The van der Waals surface area contributed by atoms with Crippen molar-refractivity contribution < 1.29 is 8.42 Å². The van der Waals surface area contributed by atoms with Crippen LogP contribution in [0, 0.1) is 0 Å². The van der Waals surface area contributed by atoms with Crippen LogP contribution in [0.2, 0.25) is 0 Å². The summed E-state index contributed by atoms with van der Waals surface area (Å²) in [6.07, 6.45) is 4.18. The first-order chi connectivity index (χ1) is 13.4. The van der Waals surface area contributed by atoms with Gasteiger partial charge < -0.3 is 0 Å². The van der Waals surface area contributed by atoms with Crippen molar-refractivity contribution in [2.24, 2.45) is 0 Å². The van der Waals surface area contributed by atoms with Crippen molar-refractivity contribution in [3.05, 3.63) is 89.3 Å². The van der Waals surface area contributed by atoms with Gasteiger partial charge in [-0.15, -0.1) is 0 Å². The van der Waals surface area contributed by atoms with Crippen molar-refractivity contribution >= 4 is 9.84 Å². The van der Waals surface area contributed by atoms with Crippen LogP contribution in [-0.2, 0) is 9.84 Å². The van der Waals surface area contributed by atoms with Crippen LogP contribution in [0.25, 0.3) is 22.8 Å². The van der Waals surface area contributed by atoms with Gasteiger partial charge in [-0.25, -0.2) is 17.8 Å². The van der Waals surface area contributed by atoms with Gasteiger partial charge in [0, 0.05) is 18.5 Å². The first-order valence-corrected chi connectivity index (χ1v) is 10.3. The Hall–Kier alpha value is -3.52. The Morgan fingerprint density at radius 3 is 2.36 bits per heavy atom. The average molecular weight is 392 g/mol. The fourth-order valence-electron chi connectivity index (χ4n) is 2.94. The van der Waals surface area contributed by atoms with Gasteiger partial charge in [-0.2, -0.15) is 10.2 Å². The summed E-state index contributed by atoms with van der Waals surface area (Å²) >= 11 is 0. The average Bonchev–Trinajstić information content (AvgIpc) is 3.18. The van der Waals surface area contributed by atoms with Crippen molar-refractivity contribution in [3.63, 3.8) is 0 Å². The molecule has 0 fully saturated rings. The second-order valence-corrected chi connectivity index (χ2v) is 8.16. The zero-order valence-corrected chi connectivity index (χ0v) is 15.7. The zero-order valence-electron chi connectivity index (χ0n) is 14.9. The molecule has 0 atom stereocenters. The number of sulfone groups is 1. The second kappa shape index (κ2) is 6.90. The standard InChI is InChI=1S/C20H16N4O3S/c1-28(26,27)19-10-6-5-9-16(19)23-14-12-18(25)20(22-23)17-11-13-21-24(17)15-7-3-2-4-8-15/h2-14H,1H3. The molecule has 0 saturated carbocycles. The second-order valence-electron chi connectivity index (χ2n) is 6.18. The summed E-state index contributed by atoms with van der Waals surface area (Å²) in [6, 6.07) is 19.0. The number of para-hydroxylation sites is 2. The molecule has 0 spiro atoms. The van der Waals surface area contributed by atoms with Crippen LogP contribution in [0.15, 0.2) is 88.8 Å². The number of hydrogen-bond acceptors (Lipinski definition) is 5. The van der Waals surface area contributed by atoms with Crippen molar-refractivity contribution in [2.75, 3.05) is 6.26 Å². The fraction of sp³-hybridized carbons (Fsp3) is 0.0500. The van der Waals surface area contributed by atoms with Crippen molar-refractivity contribution in [1.29, 1.82) is 0 Å². The lowest BCUT2D eigenvalue weighted by molar-refractivity contribution is 0.600. The van der Waals surface area contributed by atoms with Crippen LogP contribution in [0.3, 0.4) is 0 Å². The zero-order chi connectivity index (χ0) is 19.7. The Labute approximate surface area is 161 Å². The van der Waals surface area contributed by atoms with Crippen LogP contribution in [0.5, 0.6) is 0 Å². The Bertz CT molecular complexity index is 1310. The first kappa shape index (κ1) is 17.9. The fourth-order valence-corrected chi connectivity index (χ4v) is 3.80. The molecule has 0 bridgehead atoms. The van der Waals surface area contributed by atoms with Gasteiger partial charge in [0.15, 0.2) is 15.5 Å². The van der Waals surface area contributed by atoms with Crippen LogP contribution < -0.4 is 5.43 Å². The van der Waals surface area contributed by atoms with Gasteiger partial charge in [0.1, 0.15) is 0 Å². The molecule has 2 aromatic carbocycles. The third-order valence-corrected chi connectivity index (χ3v) is 5.35. The molecule has 0 amide bonds. The third-order valence-electron chi connectivity index (χ3n) is 4.21. The largest absolute Gasteiger partial charge is 0.287 e. The molecule has 28 heavy (non-hydrogen) atoms. The van der Waals surface area contributed by atoms with Crippen molar-refractivity contribution in [1.82, 2.24) is 19.6 Å². The van der Waals surface area contributed by atoms with E-state index in [4.69, 9.17) is 0 Å². The highest BCUT2D eigenvalue weighted by atomic mass is 32.2. The maximum absolute atomic E-state index is 12.5. The number of rotatable bonds is 4. The molecule has 2 aromatic heterocycles. The minimum absolute atomic E-state index is 0.133. The van der Waals surface area contributed by atoms with Gasteiger partial charge in [-0.05, 0) is 30.3 Å². The van der Waals surface area contributed by atoms with Gasteiger partial charge in [-0.3, -0.25) is 4.79 Å². The lowest BCUT2D eigenvalue weighted by Crippen LogP contribution is -2.16. The van der Waals surface area contributed by atoms with Crippen LogP contribution in [-0.4, -0.2) is 34.2 Å². The molecule has 4 rings (SSSR count). The van der Waals surface area contributed by atoms with Crippen LogP contribution in [0.4, 0.5) is 0 Å². The van der Waals surface area contributed by atoms with Gasteiger partial charge >= 0.3 is 0 Å². The van der Waals surface area contributed by atoms with E-state index in [0.29, 0.717) is 11.4 Å². The predicted octanol–water partition coefficient (Wildman–Crippen LogP) is 2.49. The van der Waals surface area contributed by atoms with Gasteiger partial charge in [0.05, 0.1) is 28.2 Å². The summed E-state index contributed by atoms with van der Waals surface area (Å²) in [6.45, 7) is 0. The Balaban J connectivity index is 1.91. The summed E-state index contributed by atoms with van der Waals surface area (Å²) in [5.74, 6) is 0. The molecule has 0 N–H and O–H groups in total. The molecular weight excluding hydrogens is 376 g/mol. The van der Waals surface area contributed by atoms with Gasteiger partial charge in [0.2, 0.25) is 5.43 Å². The first-order valence-electron chi connectivity index (χ1n) is 8.44. The molecule has 0 radical (unpaired) electrons. The molecule has 0 saturated heterocycles. The molecular formula is C20H16N4O3S. The molecule has 0 aliphatic carbocycles. The maximum atomic E-state index is 12.5. The summed E-state index contributed by atoms with van der Waals surface area (Å²) in [5.41, 5.74) is 1.56. The van der Waals surface area contributed by atoms with E-state index in [-0.39, 0.29) is 16.0 Å². The molecule has 0 unspecified atom stereocenters. The van der Waals surface area contributed by atoms with E-state index in [1.165, 1.54) is 23.0 Å². The third kappa shape index (κ3) is 3.25. The molecule has 0 aliphatic heterocycles. The van der Waals surface area contributed by atoms with E-state index in [1.807, 2.05) is 30.3 Å². The van der Waals surface area contributed by atoms with Gasteiger partial charge in [0.25, 0.3) is 0 Å². The normalized spacial score (nSPS) is 11.5. The van der Waals surface area contributed by atoms with E-state index in [9.17, 15) is 13.2 Å². The summed E-state index contributed by atoms with van der Waals surface area (Å²) in [5, 5.41) is 8.72. The lowest BCUT2D eigenvalue weighted by Gasteiger charge is -2.12. The number of hydrogen-bond donors (Lipinski definition) is 0.